The molecule has 6 nitrogen and oxygen atoms in total. The third kappa shape index (κ3) is 4.05. The Balaban J connectivity index is 1.63. The average molecular weight is 355 g/mol. The van der Waals surface area contributed by atoms with E-state index in [2.05, 4.69) is 10.3 Å². The fraction of sp³-hybridized carbons (Fsp3) is 0.600. The molecule has 1 aromatic heterocycles. The molecule has 1 aliphatic heterocycles. The molecule has 1 N–H and O–H groups in total. The minimum Gasteiger partial charge on any atom is -0.352 e. The van der Waals surface area contributed by atoms with Crippen molar-refractivity contribution in [3.8, 4) is 0 Å². The van der Waals surface area contributed by atoms with Crippen LogP contribution in [0.5, 0.6) is 0 Å². The van der Waals surface area contributed by atoms with Crippen molar-refractivity contribution in [2.75, 3.05) is 13.1 Å². The van der Waals surface area contributed by atoms with Gasteiger partial charge in [0.15, 0.2) is 0 Å². The van der Waals surface area contributed by atoms with Crippen molar-refractivity contribution in [2.24, 2.45) is 0 Å². The number of nitrogens with one attached hydrogen (secondary N) is 1. The van der Waals surface area contributed by atoms with E-state index in [1.807, 2.05) is 6.92 Å². The number of thioether (sulfide) groups is 1. The first-order chi connectivity index (χ1) is 11.0. The largest absolute Gasteiger partial charge is 0.352 e. The van der Waals surface area contributed by atoms with Crippen LogP contribution in [-0.2, 0) is 14.8 Å². The lowest BCUT2D eigenvalue weighted by Gasteiger charge is -2.15. The summed E-state index contributed by atoms with van der Waals surface area (Å²) in [5.41, 5.74) is 0. The number of rotatable bonds is 6. The molecule has 3 rings (SSSR count). The van der Waals surface area contributed by atoms with E-state index in [0.717, 1.165) is 25.7 Å². The maximum Gasteiger partial charge on any atom is 0.244 e. The number of amides is 1. The Labute approximate surface area is 141 Å². The van der Waals surface area contributed by atoms with Crippen molar-refractivity contribution in [1.82, 2.24) is 14.6 Å². The lowest BCUT2D eigenvalue weighted by atomic mass is 10.4. The number of aromatic nitrogens is 1. The van der Waals surface area contributed by atoms with Gasteiger partial charge in [0.25, 0.3) is 0 Å². The van der Waals surface area contributed by atoms with Crippen LogP contribution in [0, 0.1) is 0 Å². The summed E-state index contributed by atoms with van der Waals surface area (Å²) in [5.74, 6) is 0.00747. The molecule has 0 spiro atoms. The SMILES string of the molecule is CC(Sc1ccc(S(=O)(=O)N2CCCC2)cn1)C(=O)NC1CC1. The lowest BCUT2D eigenvalue weighted by Crippen LogP contribution is -2.32. The minimum atomic E-state index is -3.43. The first-order valence-electron chi connectivity index (χ1n) is 7.90. The van der Waals surface area contributed by atoms with E-state index in [4.69, 9.17) is 0 Å². The Kier molecular flexibility index (Phi) is 4.93. The van der Waals surface area contributed by atoms with Gasteiger partial charge in [-0.3, -0.25) is 4.79 Å². The second kappa shape index (κ2) is 6.78. The summed E-state index contributed by atoms with van der Waals surface area (Å²) in [6.45, 7) is 2.99. The van der Waals surface area contributed by atoms with Crippen LogP contribution in [0.1, 0.15) is 32.6 Å². The standard InChI is InChI=1S/C15H21N3O3S2/c1-11(15(19)17-12-4-5-12)22-14-7-6-13(10-16-14)23(20,21)18-8-2-3-9-18/h6-7,10-12H,2-5,8-9H2,1H3,(H,17,19). The topological polar surface area (TPSA) is 79.4 Å². The van der Waals surface area contributed by atoms with Gasteiger partial charge in [-0.05, 0) is 44.7 Å². The highest BCUT2D eigenvalue weighted by atomic mass is 32.2. The number of carbonyl (C=O) groups is 1. The van der Waals surface area contributed by atoms with Crippen LogP contribution in [-0.4, -0.2) is 48.0 Å². The first-order valence-corrected chi connectivity index (χ1v) is 10.2. The van der Waals surface area contributed by atoms with E-state index < -0.39 is 10.0 Å². The highest BCUT2D eigenvalue weighted by molar-refractivity contribution is 8.00. The normalized spacial score (nSPS) is 20.4. The third-order valence-corrected chi connectivity index (χ3v) is 6.94. The van der Waals surface area contributed by atoms with Crippen molar-refractivity contribution >= 4 is 27.7 Å². The predicted octanol–water partition coefficient (Wildman–Crippen LogP) is 1.63. The fourth-order valence-corrected chi connectivity index (χ4v) is 4.71. The van der Waals surface area contributed by atoms with Gasteiger partial charge in [0.2, 0.25) is 15.9 Å². The fourth-order valence-electron chi connectivity index (χ4n) is 2.45. The molecular weight excluding hydrogens is 334 g/mol. The monoisotopic (exact) mass is 355 g/mol. The second-order valence-corrected chi connectivity index (χ2v) is 9.29. The molecule has 1 aromatic rings. The predicted molar refractivity (Wildman–Crippen MR) is 88.7 cm³/mol. The van der Waals surface area contributed by atoms with Crippen LogP contribution in [0.2, 0.25) is 0 Å². The van der Waals surface area contributed by atoms with Crippen LogP contribution in [0.15, 0.2) is 28.3 Å². The quantitative estimate of drug-likeness (QED) is 0.785. The number of hydrogen-bond donors (Lipinski definition) is 1. The first kappa shape index (κ1) is 16.7. The number of carbonyl (C=O) groups excluding carboxylic acids is 1. The maximum absolute atomic E-state index is 12.4. The Morgan fingerprint density at radius 1 is 1.35 bits per heavy atom. The summed E-state index contributed by atoms with van der Waals surface area (Å²) < 4.78 is 26.3. The van der Waals surface area contributed by atoms with Crippen molar-refractivity contribution in [3.63, 3.8) is 0 Å². The molecule has 2 heterocycles. The Morgan fingerprint density at radius 3 is 2.61 bits per heavy atom. The van der Waals surface area contributed by atoms with Gasteiger partial charge in [0.05, 0.1) is 10.3 Å². The van der Waals surface area contributed by atoms with Gasteiger partial charge < -0.3 is 5.32 Å². The lowest BCUT2D eigenvalue weighted by molar-refractivity contribution is -0.120. The summed E-state index contributed by atoms with van der Waals surface area (Å²) in [6.07, 6.45) is 5.33. The van der Waals surface area contributed by atoms with E-state index in [1.54, 1.807) is 12.1 Å². The van der Waals surface area contributed by atoms with E-state index >= 15 is 0 Å². The molecule has 126 valence electrons. The van der Waals surface area contributed by atoms with Crippen LogP contribution in [0.3, 0.4) is 0 Å². The number of pyridine rings is 1. The van der Waals surface area contributed by atoms with Crippen LogP contribution < -0.4 is 5.32 Å². The zero-order valence-electron chi connectivity index (χ0n) is 13.1. The van der Waals surface area contributed by atoms with E-state index in [-0.39, 0.29) is 16.1 Å². The molecule has 23 heavy (non-hydrogen) atoms. The van der Waals surface area contributed by atoms with E-state index in [1.165, 1.54) is 22.3 Å². The maximum atomic E-state index is 12.4. The zero-order chi connectivity index (χ0) is 16.4. The Morgan fingerprint density at radius 2 is 2.04 bits per heavy atom. The molecule has 1 atom stereocenters. The molecule has 1 amide bonds. The van der Waals surface area contributed by atoms with Crippen molar-refractivity contribution in [2.45, 2.75) is 53.8 Å². The number of hydrogen-bond acceptors (Lipinski definition) is 5. The average Bonchev–Trinajstić information content (AvgIpc) is 3.16. The minimum absolute atomic E-state index is 0.00747. The van der Waals surface area contributed by atoms with Gasteiger partial charge in [0.1, 0.15) is 4.90 Å². The van der Waals surface area contributed by atoms with Crippen LogP contribution >= 0.6 is 11.8 Å². The molecule has 2 aliphatic rings. The molecule has 0 bridgehead atoms. The molecular formula is C15H21N3O3S2. The van der Waals surface area contributed by atoms with Crippen molar-refractivity contribution < 1.29 is 13.2 Å². The second-order valence-electron chi connectivity index (χ2n) is 5.99. The Hall–Kier alpha value is -1.12. The zero-order valence-corrected chi connectivity index (χ0v) is 14.7. The van der Waals surface area contributed by atoms with Crippen molar-refractivity contribution in [1.29, 1.82) is 0 Å². The van der Waals surface area contributed by atoms with E-state index in [9.17, 15) is 13.2 Å². The smallest absolute Gasteiger partial charge is 0.244 e. The number of sulfonamides is 1. The van der Waals surface area contributed by atoms with Crippen molar-refractivity contribution in [3.05, 3.63) is 18.3 Å². The molecule has 2 fully saturated rings. The third-order valence-electron chi connectivity index (χ3n) is 4.00. The van der Waals surface area contributed by atoms with Gasteiger partial charge in [-0.15, -0.1) is 0 Å². The van der Waals surface area contributed by atoms with Gasteiger partial charge in [-0.25, -0.2) is 13.4 Å². The molecule has 1 aliphatic carbocycles. The highest BCUT2D eigenvalue weighted by Gasteiger charge is 2.28. The molecule has 1 saturated heterocycles. The summed E-state index contributed by atoms with van der Waals surface area (Å²) in [4.78, 5) is 16.4. The van der Waals surface area contributed by atoms with Gasteiger partial charge in [-0.2, -0.15) is 4.31 Å². The van der Waals surface area contributed by atoms with Gasteiger partial charge in [-0.1, -0.05) is 11.8 Å². The Bertz CT molecular complexity index is 666. The molecule has 1 unspecified atom stereocenters. The van der Waals surface area contributed by atoms with Gasteiger partial charge in [0, 0.05) is 25.3 Å². The summed E-state index contributed by atoms with van der Waals surface area (Å²) >= 11 is 1.34. The molecule has 0 aromatic carbocycles. The molecule has 1 saturated carbocycles. The van der Waals surface area contributed by atoms with Crippen LogP contribution in [0.25, 0.3) is 0 Å². The summed E-state index contributed by atoms with van der Waals surface area (Å²) in [7, 11) is -3.43. The van der Waals surface area contributed by atoms with E-state index in [0.29, 0.717) is 24.2 Å². The summed E-state index contributed by atoms with van der Waals surface area (Å²) in [5, 5.41) is 3.37. The summed E-state index contributed by atoms with van der Waals surface area (Å²) in [6, 6.07) is 3.59. The van der Waals surface area contributed by atoms with Crippen LogP contribution in [0.4, 0.5) is 0 Å². The highest BCUT2D eigenvalue weighted by Crippen LogP contribution is 2.26. The van der Waals surface area contributed by atoms with Gasteiger partial charge >= 0.3 is 0 Å². The molecule has 0 radical (unpaired) electrons. The molecule has 8 heteroatoms. The number of nitrogens with zero attached hydrogens (tertiary/aromatic N) is 2.